The van der Waals surface area contributed by atoms with Gasteiger partial charge >= 0.3 is 12.2 Å². The quantitative estimate of drug-likeness (QED) is 0.276. The molecule has 0 spiro atoms. The van der Waals surface area contributed by atoms with E-state index in [9.17, 15) is 28.3 Å². The number of rotatable bonds is 10. The number of hydrogen-bond donors (Lipinski definition) is 3. The number of hydrogen-bond acceptors (Lipinski definition) is 8. The maximum Gasteiger partial charge on any atom is 0.410 e. The van der Waals surface area contributed by atoms with Gasteiger partial charge in [0, 0.05) is 11.5 Å². The number of benzene rings is 2. The first-order chi connectivity index (χ1) is 22.8. The van der Waals surface area contributed by atoms with Crippen LogP contribution in [0.15, 0.2) is 60.9 Å². The maximum absolute atomic E-state index is 15.3. The summed E-state index contributed by atoms with van der Waals surface area (Å²) in [6, 6.07) is 8.48. The number of alkyl carbamates (subject to hydrolysis) is 1. The second-order valence-electron chi connectivity index (χ2n) is 12.3. The van der Waals surface area contributed by atoms with E-state index in [-0.39, 0.29) is 43.9 Å². The minimum atomic E-state index is -1.40. The molecule has 3 N–H and O–H groups in total. The van der Waals surface area contributed by atoms with Gasteiger partial charge in [0.05, 0.1) is 57.1 Å². The van der Waals surface area contributed by atoms with Crippen molar-refractivity contribution in [2.75, 3.05) is 32.2 Å². The lowest BCUT2D eigenvalue weighted by molar-refractivity contribution is -0.118. The molecular formula is C34H39F3N4O7. The molecule has 0 bridgehead atoms. The number of pyridine rings is 1. The Kier molecular flexibility index (Phi) is 12.0. The number of aliphatic hydroxyl groups excluding tert-OH is 1. The van der Waals surface area contributed by atoms with E-state index >= 15 is 4.39 Å². The van der Waals surface area contributed by atoms with E-state index in [1.54, 1.807) is 20.8 Å². The second kappa shape index (κ2) is 15.9. The second-order valence-corrected chi connectivity index (χ2v) is 12.3. The zero-order valence-electron chi connectivity index (χ0n) is 27.0. The molecule has 11 nitrogen and oxygen atoms in total. The minimum absolute atomic E-state index is 0.0154. The van der Waals surface area contributed by atoms with Gasteiger partial charge in [-0.1, -0.05) is 24.3 Å². The van der Waals surface area contributed by atoms with E-state index in [0.717, 1.165) is 13.3 Å². The largest absolute Gasteiger partial charge is 0.453 e. The molecular weight excluding hydrogens is 633 g/mol. The average Bonchev–Trinajstić information content (AvgIpc) is 3.04. The van der Waals surface area contributed by atoms with E-state index in [1.165, 1.54) is 59.6 Å². The van der Waals surface area contributed by atoms with Gasteiger partial charge in [0.2, 0.25) is 5.91 Å². The van der Waals surface area contributed by atoms with Gasteiger partial charge in [-0.05, 0) is 69.0 Å². The van der Waals surface area contributed by atoms with Gasteiger partial charge in [0.25, 0.3) is 0 Å². The summed E-state index contributed by atoms with van der Waals surface area (Å²) in [5, 5.41) is 15.0. The summed E-state index contributed by atoms with van der Waals surface area (Å²) in [6.45, 7) is 4.97. The first-order valence-corrected chi connectivity index (χ1v) is 15.3. The lowest BCUT2D eigenvalue weighted by atomic mass is 9.84. The highest BCUT2D eigenvalue weighted by atomic mass is 19.1. The van der Waals surface area contributed by atoms with Crippen LogP contribution in [0.1, 0.15) is 49.8 Å². The van der Waals surface area contributed by atoms with Gasteiger partial charge < -0.3 is 30.0 Å². The smallest absolute Gasteiger partial charge is 0.410 e. The fourth-order valence-corrected chi connectivity index (χ4v) is 5.37. The van der Waals surface area contributed by atoms with Crippen molar-refractivity contribution in [3.8, 4) is 0 Å². The highest BCUT2D eigenvalue weighted by Crippen LogP contribution is 2.31. The number of nitrogens with one attached hydrogen (secondary N) is 2. The van der Waals surface area contributed by atoms with Gasteiger partial charge in [0.15, 0.2) is 0 Å². The molecule has 258 valence electrons. The molecule has 0 saturated carbocycles. The van der Waals surface area contributed by atoms with Crippen LogP contribution in [0.4, 0.5) is 28.4 Å². The van der Waals surface area contributed by atoms with Gasteiger partial charge in [-0.15, -0.1) is 0 Å². The monoisotopic (exact) mass is 672 g/mol. The Morgan fingerprint density at radius 2 is 1.62 bits per heavy atom. The first-order valence-electron chi connectivity index (χ1n) is 15.3. The molecule has 4 rings (SSSR count). The lowest BCUT2D eigenvalue weighted by Crippen LogP contribution is -2.55. The third-order valence-corrected chi connectivity index (χ3v) is 7.72. The van der Waals surface area contributed by atoms with Crippen molar-refractivity contribution in [2.45, 2.75) is 63.3 Å². The van der Waals surface area contributed by atoms with Crippen LogP contribution in [-0.4, -0.2) is 83.7 Å². The van der Waals surface area contributed by atoms with E-state index in [4.69, 9.17) is 14.2 Å². The Labute approximate surface area is 276 Å². The molecule has 1 saturated heterocycles. The number of ether oxygens (including phenoxy) is 3. The number of carbonyl (C=O) groups excluding carboxylic acids is 3. The van der Waals surface area contributed by atoms with Gasteiger partial charge in [-0.2, -0.15) is 0 Å². The van der Waals surface area contributed by atoms with Crippen LogP contribution in [0.3, 0.4) is 0 Å². The predicted molar refractivity (Wildman–Crippen MR) is 169 cm³/mol. The van der Waals surface area contributed by atoms with E-state index < -0.39 is 65.3 Å². The zero-order valence-corrected chi connectivity index (χ0v) is 27.0. The number of morpholine rings is 1. The third kappa shape index (κ3) is 9.44. The summed E-state index contributed by atoms with van der Waals surface area (Å²) >= 11 is 0. The summed E-state index contributed by atoms with van der Waals surface area (Å²) in [5.74, 6) is -3.52. The van der Waals surface area contributed by atoms with Crippen LogP contribution in [0.2, 0.25) is 0 Å². The van der Waals surface area contributed by atoms with Crippen molar-refractivity contribution in [3.63, 3.8) is 0 Å². The summed E-state index contributed by atoms with van der Waals surface area (Å²) < 4.78 is 59.1. The fraction of sp³-hybridized carbons (Fsp3) is 0.412. The molecule has 2 unspecified atom stereocenters. The number of anilines is 1. The van der Waals surface area contributed by atoms with E-state index in [0.29, 0.717) is 11.1 Å². The number of aliphatic hydroxyl groups is 1. The first kappa shape index (κ1) is 36.2. The molecule has 3 amide bonds. The number of halogens is 3. The van der Waals surface area contributed by atoms with Crippen LogP contribution in [0.5, 0.6) is 0 Å². The third-order valence-electron chi connectivity index (χ3n) is 7.72. The minimum Gasteiger partial charge on any atom is -0.453 e. The Morgan fingerprint density at radius 1 is 1.02 bits per heavy atom. The standard InChI is InChI=1S/C34H39F3N4O7/c1-34(2,3)48-33(45)41-17-25(47-19-24(41)18-42)13-14-26-27(37)15-38-16-28(26)39-31(43)30(40-32(44)46-4)29(20-5-9-22(35)10-6-20)21-7-11-23(36)12-8-21/h5-12,15-16,24-25,29-30,42H,13-14,17-19H2,1-4H3,(H,39,43)(H,40,44)/t24?,25?,30-/m1/s1. The van der Waals surface area contributed by atoms with Crippen molar-refractivity contribution in [2.24, 2.45) is 0 Å². The molecule has 2 aromatic carbocycles. The molecule has 1 aromatic heterocycles. The van der Waals surface area contributed by atoms with Crippen molar-refractivity contribution < 1.29 is 46.9 Å². The Morgan fingerprint density at radius 3 is 2.17 bits per heavy atom. The van der Waals surface area contributed by atoms with Gasteiger partial charge in [-0.25, -0.2) is 22.8 Å². The summed E-state index contributed by atoms with van der Waals surface area (Å²) in [6.07, 6.45) is 0.407. The average molecular weight is 673 g/mol. The number of methoxy groups -OCH3 is 1. The highest BCUT2D eigenvalue weighted by Gasteiger charge is 2.36. The maximum atomic E-state index is 15.3. The van der Waals surface area contributed by atoms with Crippen LogP contribution in [-0.2, 0) is 25.4 Å². The Hall–Kier alpha value is -4.69. The Bertz CT molecular complexity index is 1520. The molecule has 1 aliphatic heterocycles. The number of aromatic nitrogens is 1. The molecule has 2 heterocycles. The predicted octanol–water partition coefficient (Wildman–Crippen LogP) is 4.92. The molecule has 0 radical (unpaired) electrons. The zero-order chi connectivity index (χ0) is 35.0. The molecule has 0 aliphatic carbocycles. The van der Waals surface area contributed by atoms with Crippen molar-refractivity contribution in [1.82, 2.24) is 15.2 Å². The number of nitrogens with zero attached hydrogens (tertiary/aromatic N) is 2. The van der Waals surface area contributed by atoms with Crippen molar-refractivity contribution in [1.29, 1.82) is 0 Å². The molecule has 3 aromatic rings. The molecule has 48 heavy (non-hydrogen) atoms. The molecule has 3 atom stereocenters. The lowest BCUT2D eigenvalue weighted by Gasteiger charge is -2.39. The van der Waals surface area contributed by atoms with Gasteiger partial charge in [0.1, 0.15) is 29.1 Å². The van der Waals surface area contributed by atoms with Gasteiger partial charge in [-0.3, -0.25) is 14.7 Å². The van der Waals surface area contributed by atoms with Crippen LogP contribution in [0, 0.1) is 17.5 Å². The van der Waals surface area contributed by atoms with E-state index in [2.05, 4.69) is 15.6 Å². The summed E-state index contributed by atoms with van der Waals surface area (Å²) in [7, 11) is 1.11. The summed E-state index contributed by atoms with van der Waals surface area (Å²) in [5.41, 5.74) is 0.184. The highest BCUT2D eigenvalue weighted by molar-refractivity contribution is 5.98. The molecule has 14 heteroatoms. The van der Waals surface area contributed by atoms with Crippen LogP contribution < -0.4 is 10.6 Å². The van der Waals surface area contributed by atoms with Crippen molar-refractivity contribution >= 4 is 23.8 Å². The van der Waals surface area contributed by atoms with E-state index in [1.807, 2.05) is 0 Å². The normalized spacial score (nSPS) is 17.1. The Balaban J connectivity index is 1.59. The number of carbonyl (C=O) groups is 3. The summed E-state index contributed by atoms with van der Waals surface area (Å²) in [4.78, 5) is 44.6. The fourth-order valence-electron chi connectivity index (χ4n) is 5.37. The number of amides is 3. The SMILES string of the molecule is COC(=O)N[C@@H](C(=O)Nc1cncc(F)c1CCC1CN(C(=O)OC(C)(C)C)C(CO)CO1)C(c1ccc(F)cc1)c1ccc(F)cc1. The molecule has 1 aliphatic rings. The van der Waals surface area contributed by atoms with Crippen molar-refractivity contribution in [3.05, 3.63) is 95.1 Å². The molecule has 1 fully saturated rings. The topological polar surface area (TPSA) is 139 Å². The van der Waals surface area contributed by atoms with Crippen LogP contribution in [0.25, 0.3) is 0 Å². The van der Waals surface area contributed by atoms with Crippen LogP contribution >= 0.6 is 0 Å².